The van der Waals surface area contributed by atoms with Gasteiger partial charge in [-0.05, 0) is 39.0 Å². The van der Waals surface area contributed by atoms with Crippen molar-refractivity contribution in [3.8, 4) is 11.5 Å². The normalized spacial score (nSPS) is 16.2. The first kappa shape index (κ1) is 17.8. The molecule has 0 aliphatic carbocycles. The quantitative estimate of drug-likeness (QED) is 0.822. The third-order valence-electron chi connectivity index (χ3n) is 4.09. The molecule has 1 unspecified atom stereocenters. The molecule has 2 heterocycles. The second kappa shape index (κ2) is 7.07. The minimum Gasteiger partial charge on any atom is -0.497 e. The summed E-state index contributed by atoms with van der Waals surface area (Å²) in [6.07, 6.45) is 1.19. The number of rotatable bonds is 5. The van der Waals surface area contributed by atoms with E-state index in [1.165, 1.54) is 6.33 Å². The number of nitrogens with zero attached hydrogens (tertiary/aromatic N) is 3. The Hall–Kier alpha value is -3.03. The standard InChI is InChI=1S/C18H22N4O4/c1-10(2)26-17(23)15-11(3)21-18-19-9-20-22(18)16(15)13-8-12(24-4)6-7-14(13)25-5/h6-10,16H,1-5H3,(H,19,20,21). The molecule has 8 nitrogen and oxygen atoms in total. The minimum atomic E-state index is -0.551. The van der Waals surface area contributed by atoms with E-state index in [4.69, 9.17) is 14.2 Å². The molecular weight excluding hydrogens is 336 g/mol. The fourth-order valence-electron chi connectivity index (χ4n) is 2.97. The maximum atomic E-state index is 12.8. The highest BCUT2D eigenvalue weighted by Crippen LogP contribution is 2.40. The zero-order chi connectivity index (χ0) is 18.8. The average Bonchev–Trinajstić information content (AvgIpc) is 3.07. The number of hydrogen-bond donors (Lipinski definition) is 1. The number of carbonyl (C=O) groups is 1. The molecule has 0 saturated carbocycles. The van der Waals surface area contributed by atoms with E-state index in [0.717, 1.165) is 5.56 Å². The fraction of sp³-hybridized carbons (Fsp3) is 0.389. The lowest BCUT2D eigenvalue weighted by Gasteiger charge is -2.29. The Morgan fingerprint density at radius 2 is 2.04 bits per heavy atom. The summed E-state index contributed by atoms with van der Waals surface area (Å²) >= 11 is 0. The lowest BCUT2D eigenvalue weighted by atomic mass is 9.94. The van der Waals surface area contributed by atoms with Crippen molar-refractivity contribution < 1.29 is 19.0 Å². The zero-order valence-corrected chi connectivity index (χ0v) is 15.4. The molecular formula is C18H22N4O4. The number of nitrogens with one attached hydrogen (secondary N) is 1. The molecule has 0 amide bonds. The molecule has 1 N–H and O–H groups in total. The minimum absolute atomic E-state index is 0.243. The van der Waals surface area contributed by atoms with Crippen LogP contribution in [-0.4, -0.2) is 41.1 Å². The summed E-state index contributed by atoms with van der Waals surface area (Å²) in [7, 11) is 3.17. The number of aromatic nitrogens is 3. The molecule has 0 spiro atoms. The first-order valence-electron chi connectivity index (χ1n) is 8.26. The van der Waals surface area contributed by atoms with E-state index in [1.54, 1.807) is 31.0 Å². The van der Waals surface area contributed by atoms with Crippen LogP contribution in [0, 0.1) is 0 Å². The van der Waals surface area contributed by atoms with E-state index in [0.29, 0.717) is 28.7 Å². The van der Waals surface area contributed by atoms with Crippen molar-refractivity contribution in [2.45, 2.75) is 32.9 Å². The number of carbonyl (C=O) groups excluding carboxylic acids is 1. The fourth-order valence-corrected chi connectivity index (χ4v) is 2.97. The number of benzene rings is 1. The van der Waals surface area contributed by atoms with Gasteiger partial charge in [0.2, 0.25) is 5.95 Å². The molecule has 2 aromatic rings. The van der Waals surface area contributed by atoms with Gasteiger partial charge < -0.3 is 19.5 Å². The second-order valence-electron chi connectivity index (χ2n) is 6.16. The first-order chi connectivity index (χ1) is 12.5. The monoisotopic (exact) mass is 358 g/mol. The van der Waals surface area contributed by atoms with Crippen LogP contribution < -0.4 is 14.8 Å². The van der Waals surface area contributed by atoms with Crippen molar-refractivity contribution in [1.29, 1.82) is 0 Å². The average molecular weight is 358 g/mol. The van der Waals surface area contributed by atoms with Gasteiger partial charge in [0.25, 0.3) is 0 Å². The number of anilines is 1. The van der Waals surface area contributed by atoms with E-state index in [2.05, 4.69) is 15.4 Å². The van der Waals surface area contributed by atoms with E-state index in [1.807, 2.05) is 26.8 Å². The largest absolute Gasteiger partial charge is 0.497 e. The molecule has 8 heteroatoms. The number of methoxy groups -OCH3 is 2. The molecule has 26 heavy (non-hydrogen) atoms. The van der Waals surface area contributed by atoms with Crippen LogP contribution in [0.25, 0.3) is 0 Å². The molecule has 0 saturated heterocycles. The number of hydrogen-bond acceptors (Lipinski definition) is 7. The van der Waals surface area contributed by atoms with Crippen LogP contribution in [0.15, 0.2) is 35.8 Å². The van der Waals surface area contributed by atoms with Crippen LogP contribution in [0.5, 0.6) is 11.5 Å². The van der Waals surface area contributed by atoms with Gasteiger partial charge >= 0.3 is 5.97 Å². The van der Waals surface area contributed by atoms with Gasteiger partial charge in [-0.1, -0.05) is 0 Å². The number of ether oxygens (including phenoxy) is 3. The van der Waals surface area contributed by atoms with Gasteiger partial charge in [0.05, 0.1) is 25.9 Å². The summed E-state index contributed by atoms with van der Waals surface area (Å²) in [4.78, 5) is 17.1. The van der Waals surface area contributed by atoms with Crippen molar-refractivity contribution in [1.82, 2.24) is 14.8 Å². The summed E-state index contributed by atoms with van der Waals surface area (Å²) in [6.45, 7) is 5.44. The summed E-state index contributed by atoms with van der Waals surface area (Å²) in [5.41, 5.74) is 1.84. The van der Waals surface area contributed by atoms with Gasteiger partial charge in [-0.25, -0.2) is 9.48 Å². The molecule has 0 fully saturated rings. The van der Waals surface area contributed by atoms with Crippen molar-refractivity contribution in [3.63, 3.8) is 0 Å². The Balaban J connectivity index is 2.20. The Morgan fingerprint density at radius 3 is 2.69 bits per heavy atom. The first-order valence-corrected chi connectivity index (χ1v) is 8.26. The highest BCUT2D eigenvalue weighted by Gasteiger charge is 2.36. The smallest absolute Gasteiger partial charge is 0.338 e. The van der Waals surface area contributed by atoms with Crippen LogP contribution in [0.4, 0.5) is 5.95 Å². The Labute approximate surface area is 151 Å². The highest BCUT2D eigenvalue weighted by atomic mass is 16.5. The molecule has 1 atom stereocenters. The predicted octanol–water partition coefficient (Wildman–Crippen LogP) is 2.54. The number of fused-ring (bicyclic) bond motifs is 1. The third-order valence-corrected chi connectivity index (χ3v) is 4.09. The Kier molecular flexibility index (Phi) is 4.83. The molecule has 1 aromatic heterocycles. The van der Waals surface area contributed by atoms with Crippen molar-refractivity contribution >= 4 is 11.9 Å². The molecule has 1 aliphatic rings. The van der Waals surface area contributed by atoms with Crippen molar-refractivity contribution in [2.75, 3.05) is 19.5 Å². The summed E-state index contributed by atoms with van der Waals surface area (Å²) < 4.78 is 18.0. The second-order valence-corrected chi connectivity index (χ2v) is 6.16. The Morgan fingerprint density at radius 1 is 1.27 bits per heavy atom. The lowest BCUT2D eigenvalue weighted by Crippen LogP contribution is -2.30. The van der Waals surface area contributed by atoms with Gasteiger partial charge in [0.15, 0.2) is 0 Å². The molecule has 138 valence electrons. The third kappa shape index (κ3) is 3.10. The maximum Gasteiger partial charge on any atom is 0.338 e. The van der Waals surface area contributed by atoms with E-state index >= 15 is 0 Å². The molecule has 3 rings (SSSR count). The number of esters is 1. The Bertz CT molecular complexity index is 857. The SMILES string of the molecule is COc1ccc(OC)c(C2C(C(=O)OC(C)C)=C(C)Nc3ncnn32)c1. The highest BCUT2D eigenvalue weighted by molar-refractivity contribution is 5.92. The predicted molar refractivity (Wildman–Crippen MR) is 95.3 cm³/mol. The van der Waals surface area contributed by atoms with Crippen LogP contribution in [0.1, 0.15) is 32.4 Å². The van der Waals surface area contributed by atoms with Gasteiger partial charge in [0.1, 0.15) is 23.9 Å². The van der Waals surface area contributed by atoms with Crippen LogP contribution in [0.3, 0.4) is 0 Å². The summed E-state index contributed by atoms with van der Waals surface area (Å²) in [6, 6.07) is 4.88. The molecule has 0 radical (unpaired) electrons. The van der Waals surface area contributed by atoms with Gasteiger partial charge in [-0.2, -0.15) is 10.1 Å². The lowest BCUT2D eigenvalue weighted by molar-refractivity contribution is -0.143. The number of allylic oxidation sites excluding steroid dienone is 1. The van der Waals surface area contributed by atoms with Crippen molar-refractivity contribution in [2.24, 2.45) is 0 Å². The summed E-state index contributed by atoms with van der Waals surface area (Å²) in [5.74, 6) is 1.39. The van der Waals surface area contributed by atoms with E-state index in [-0.39, 0.29) is 6.10 Å². The molecule has 0 bridgehead atoms. The van der Waals surface area contributed by atoms with Gasteiger partial charge in [0, 0.05) is 11.3 Å². The van der Waals surface area contributed by atoms with Crippen molar-refractivity contribution in [3.05, 3.63) is 41.4 Å². The maximum absolute atomic E-state index is 12.8. The van der Waals surface area contributed by atoms with Gasteiger partial charge in [-0.3, -0.25) is 0 Å². The van der Waals surface area contributed by atoms with Crippen LogP contribution in [-0.2, 0) is 9.53 Å². The van der Waals surface area contributed by atoms with Crippen LogP contribution >= 0.6 is 0 Å². The molecule has 1 aliphatic heterocycles. The van der Waals surface area contributed by atoms with Crippen LogP contribution in [0.2, 0.25) is 0 Å². The summed E-state index contributed by atoms with van der Waals surface area (Å²) in [5, 5.41) is 7.40. The topological polar surface area (TPSA) is 87.5 Å². The van der Waals surface area contributed by atoms with E-state index < -0.39 is 12.0 Å². The van der Waals surface area contributed by atoms with E-state index in [9.17, 15) is 4.79 Å². The van der Waals surface area contributed by atoms with Gasteiger partial charge in [-0.15, -0.1) is 0 Å². The zero-order valence-electron chi connectivity index (χ0n) is 15.4. The molecule has 1 aromatic carbocycles.